The average Bonchev–Trinajstić information content (AvgIpc) is 2.42. The Morgan fingerprint density at radius 2 is 1.76 bits per heavy atom. The summed E-state index contributed by atoms with van der Waals surface area (Å²) in [4.78, 5) is 14.6. The van der Waals surface area contributed by atoms with Crippen molar-refractivity contribution in [1.29, 1.82) is 5.26 Å². The zero-order valence-corrected chi connectivity index (χ0v) is 12.9. The molecule has 1 heterocycles. The van der Waals surface area contributed by atoms with Crippen molar-refractivity contribution < 1.29 is 4.74 Å². The highest BCUT2D eigenvalue weighted by molar-refractivity contribution is 5.76. The van der Waals surface area contributed by atoms with Crippen molar-refractivity contribution in [3.63, 3.8) is 0 Å². The second-order valence-corrected chi connectivity index (χ2v) is 5.21. The maximum Gasteiger partial charge on any atom is 0.266 e. The smallest absolute Gasteiger partial charge is 0.266 e. The third-order valence-corrected chi connectivity index (χ3v) is 3.80. The molecule has 1 N–H and O–H groups in total. The van der Waals surface area contributed by atoms with Gasteiger partial charge in [-0.2, -0.15) is 5.26 Å². The van der Waals surface area contributed by atoms with E-state index < -0.39 is 0 Å². The van der Waals surface area contributed by atoms with E-state index in [4.69, 9.17) is 4.74 Å². The standard InChI is InChI=1S/C17H18N2O2/c1-9-6-13(11(3)12(4)16(9)21-5)14-7-10(2)19-17(20)15(14)8-18/h6-7H,1-5H3,(H,19,20). The Kier molecular flexibility index (Phi) is 3.86. The van der Waals surface area contributed by atoms with E-state index >= 15 is 0 Å². The van der Waals surface area contributed by atoms with Crippen molar-refractivity contribution in [2.24, 2.45) is 0 Å². The van der Waals surface area contributed by atoms with E-state index in [1.54, 1.807) is 7.11 Å². The fourth-order valence-electron chi connectivity index (χ4n) is 2.66. The van der Waals surface area contributed by atoms with Gasteiger partial charge in [0.15, 0.2) is 0 Å². The number of ether oxygens (including phenoxy) is 1. The molecule has 21 heavy (non-hydrogen) atoms. The van der Waals surface area contributed by atoms with E-state index in [0.717, 1.165) is 33.7 Å². The zero-order valence-electron chi connectivity index (χ0n) is 12.9. The van der Waals surface area contributed by atoms with Gasteiger partial charge in [-0.1, -0.05) is 0 Å². The fraction of sp³-hybridized carbons (Fsp3) is 0.294. The molecule has 4 nitrogen and oxygen atoms in total. The minimum Gasteiger partial charge on any atom is -0.496 e. The Balaban J connectivity index is 2.87. The normalized spacial score (nSPS) is 10.3. The maximum atomic E-state index is 12.0. The van der Waals surface area contributed by atoms with E-state index in [1.165, 1.54) is 0 Å². The van der Waals surface area contributed by atoms with Crippen LogP contribution in [0.5, 0.6) is 5.75 Å². The topological polar surface area (TPSA) is 65.9 Å². The fourth-order valence-corrected chi connectivity index (χ4v) is 2.66. The molecule has 108 valence electrons. The Hall–Kier alpha value is -2.54. The van der Waals surface area contributed by atoms with Gasteiger partial charge in [0.1, 0.15) is 17.4 Å². The lowest BCUT2D eigenvalue weighted by Crippen LogP contribution is -2.13. The number of H-pyrrole nitrogens is 1. The number of nitriles is 1. The summed E-state index contributed by atoms with van der Waals surface area (Å²) in [6.07, 6.45) is 0. The molecule has 0 amide bonds. The van der Waals surface area contributed by atoms with Crippen molar-refractivity contribution in [3.8, 4) is 22.9 Å². The van der Waals surface area contributed by atoms with Crippen LogP contribution in [0.3, 0.4) is 0 Å². The molecule has 0 aliphatic carbocycles. The molecular formula is C17H18N2O2. The zero-order chi connectivity index (χ0) is 15.7. The van der Waals surface area contributed by atoms with Crippen LogP contribution in [0.1, 0.15) is 27.9 Å². The van der Waals surface area contributed by atoms with E-state index in [2.05, 4.69) is 4.98 Å². The quantitative estimate of drug-likeness (QED) is 0.920. The highest BCUT2D eigenvalue weighted by atomic mass is 16.5. The molecule has 0 radical (unpaired) electrons. The number of hydrogen-bond acceptors (Lipinski definition) is 3. The minimum absolute atomic E-state index is 0.146. The summed E-state index contributed by atoms with van der Waals surface area (Å²) >= 11 is 0. The first kappa shape index (κ1) is 14.9. The lowest BCUT2D eigenvalue weighted by Gasteiger charge is -2.16. The van der Waals surface area contributed by atoms with Crippen LogP contribution in [-0.4, -0.2) is 12.1 Å². The van der Waals surface area contributed by atoms with Gasteiger partial charge in [-0.3, -0.25) is 4.79 Å². The van der Waals surface area contributed by atoms with Gasteiger partial charge < -0.3 is 9.72 Å². The van der Waals surface area contributed by atoms with Crippen molar-refractivity contribution in [2.75, 3.05) is 7.11 Å². The first-order valence-electron chi connectivity index (χ1n) is 6.69. The van der Waals surface area contributed by atoms with Gasteiger partial charge in [0.25, 0.3) is 5.56 Å². The van der Waals surface area contributed by atoms with Gasteiger partial charge in [-0.25, -0.2) is 0 Å². The van der Waals surface area contributed by atoms with Crippen LogP contribution in [0.25, 0.3) is 11.1 Å². The molecule has 0 atom stereocenters. The third-order valence-electron chi connectivity index (χ3n) is 3.80. The van der Waals surface area contributed by atoms with Gasteiger partial charge in [0, 0.05) is 11.3 Å². The summed E-state index contributed by atoms with van der Waals surface area (Å²) in [5, 5.41) is 9.29. The second-order valence-electron chi connectivity index (χ2n) is 5.21. The van der Waals surface area contributed by atoms with E-state index in [0.29, 0.717) is 5.56 Å². The number of aryl methyl sites for hydroxylation is 2. The number of hydrogen-bond donors (Lipinski definition) is 1. The highest BCUT2D eigenvalue weighted by Gasteiger charge is 2.16. The molecule has 0 saturated carbocycles. The molecule has 0 aliphatic rings. The van der Waals surface area contributed by atoms with Gasteiger partial charge in [-0.15, -0.1) is 0 Å². The van der Waals surface area contributed by atoms with Crippen LogP contribution in [0, 0.1) is 39.0 Å². The molecular weight excluding hydrogens is 264 g/mol. The third kappa shape index (κ3) is 2.43. The van der Waals surface area contributed by atoms with Gasteiger partial charge in [-0.05, 0) is 62.1 Å². The summed E-state index contributed by atoms with van der Waals surface area (Å²) in [5.74, 6) is 0.844. The molecule has 0 bridgehead atoms. The molecule has 2 rings (SSSR count). The monoisotopic (exact) mass is 282 g/mol. The number of aromatic amines is 1. The Morgan fingerprint density at radius 1 is 1.10 bits per heavy atom. The molecule has 4 heteroatoms. The number of rotatable bonds is 2. The number of pyridine rings is 1. The molecule has 1 aromatic carbocycles. The first-order valence-corrected chi connectivity index (χ1v) is 6.69. The van der Waals surface area contributed by atoms with Crippen LogP contribution < -0.4 is 10.3 Å². The Morgan fingerprint density at radius 3 is 2.33 bits per heavy atom. The van der Waals surface area contributed by atoms with Crippen LogP contribution in [-0.2, 0) is 0 Å². The van der Waals surface area contributed by atoms with Gasteiger partial charge >= 0.3 is 0 Å². The minimum atomic E-state index is -0.349. The number of aromatic nitrogens is 1. The lowest BCUT2D eigenvalue weighted by atomic mass is 9.91. The highest BCUT2D eigenvalue weighted by Crippen LogP contribution is 2.35. The van der Waals surface area contributed by atoms with Gasteiger partial charge in [0.2, 0.25) is 0 Å². The summed E-state index contributed by atoms with van der Waals surface area (Å²) in [6, 6.07) is 5.82. The van der Waals surface area contributed by atoms with Crippen LogP contribution in [0.2, 0.25) is 0 Å². The molecule has 0 fully saturated rings. The Bertz CT molecular complexity index is 811. The number of nitrogens with zero attached hydrogens (tertiary/aromatic N) is 1. The predicted octanol–water partition coefficient (Wildman–Crippen LogP) is 3.16. The molecule has 0 unspecified atom stereocenters. The first-order chi connectivity index (χ1) is 9.90. The summed E-state index contributed by atoms with van der Waals surface area (Å²) in [5.41, 5.74) is 5.12. The van der Waals surface area contributed by atoms with Gasteiger partial charge in [0.05, 0.1) is 7.11 Å². The SMILES string of the molecule is COc1c(C)cc(-c2cc(C)[nH]c(=O)c2C#N)c(C)c1C. The molecule has 0 saturated heterocycles. The van der Waals surface area contributed by atoms with Crippen molar-refractivity contribution in [3.05, 3.63) is 50.4 Å². The largest absolute Gasteiger partial charge is 0.496 e. The van der Waals surface area contributed by atoms with E-state index in [1.807, 2.05) is 45.9 Å². The number of benzene rings is 1. The van der Waals surface area contributed by atoms with Crippen molar-refractivity contribution in [2.45, 2.75) is 27.7 Å². The summed E-state index contributed by atoms with van der Waals surface area (Å²) in [6.45, 7) is 7.73. The number of methoxy groups -OCH3 is 1. The van der Waals surface area contributed by atoms with E-state index in [-0.39, 0.29) is 11.1 Å². The average molecular weight is 282 g/mol. The Labute approximate surface area is 124 Å². The predicted molar refractivity (Wildman–Crippen MR) is 82.7 cm³/mol. The summed E-state index contributed by atoms with van der Waals surface area (Å²) in [7, 11) is 1.65. The van der Waals surface area contributed by atoms with Crippen molar-refractivity contribution >= 4 is 0 Å². The molecule has 0 spiro atoms. The van der Waals surface area contributed by atoms with Crippen LogP contribution in [0.4, 0.5) is 0 Å². The maximum absolute atomic E-state index is 12.0. The van der Waals surface area contributed by atoms with Crippen LogP contribution >= 0.6 is 0 Å². The summed E-state index contributed by atoms with van der Waals surface area (Å²) < 4.78 is 5.42. The number of nitrogens with one attached hydrogen (secondary N) is 1. The van der Waals surface area contributed by atoms with E-state index in [9.17, 15) is 10.1 Å². The molecule has 1 aromatic heterocycles. The molecule has 2 aromatic rings. The van der Waals surface area contributed by atoms with Crippen LogP contribution in [0.15, 0.2) is 16.9 Å². The lowest BCUT2D eigenvalue weighted by molar-refractivity contribution is 0.408. The van der Waals surface area contributed by atoms with Crippen molar-refractivity contribution in [1.82, 2.24) is 4.98 Å². The second kappa shape index (κ2) is 5.45. The molecule has 0 aliphatic heterocycles.